The summed E-state index contributed by atoms with van der Waals surface area (Å²) < 4.78 is 1.87. The zero-order valence-electron chi connectivity index (χ0n) is 15.5. The van der Waals surface area contributed by atoms with Crippen molar-refractivity contribution in [3.8, 4) is 11.4 Å². The van der Waals surface area contributed by atoms with E-state index in [9.17, 15) is 4.79 Å². The topological polar surface area (TPSA) is 75.1 Å². The van der Waals surface area contributed by atoms with Crippen LogP contribution >= 0.6 is 0 Å². The van der Waals surface area contributed by atoms with Crippen LogP contribution in [0.5, 0.6) is 0 Å². The molecule has 4 aromatic rings. The summed E-state index contributed by atoms with van der Waals surface area (Å²) in [5, 5.41) is 2.87. The maximum atomic E-state index is 12.5. The number of anilines is 1. The van der Waals surface area contributed by atoms with Gasteiger partial charge in [-0.25, -0.2) is 9.97 Å². The lowest BCUT2D eigenvalue weighted by Crippen LogP contribution is -2.14. The molecule has 0 saturated heterocycles. The second kappa shape index (κ2) is 6.39. The molecule has 2 N–H and O–H groups in total. The predicted molar refractivity (Wildman–Crippen MR) is 106 cm³/mol. The second-order valence-electron chi connectivity index (χ2n) is 7.53. The Balaban J connectivity index is 1.55. The van der Waals surface area contributed by atoms with Crippen LogP contribution in [0.1, 0.15) is 36.7 Å². The lowest BCUT2D eigenvalue weighted by atomic mass is 9.87. The average Bonchev–Trinajstić information content (AvgIpc) is 3.29. The number of carbonyl (C=O) groups excluding carboxylic acids is 1. The molecule has 1 aromatic carbocycles. The minimum absolute atomic E-state index is 0.0578. The highest BCUT2D eigenvalue weighted by Gasteiger charge is 2.15. The Hall–Kier alpha value is -3.41. The Morgan fingerprint density at radius 3 is 2.52 bits per heavy atom. The van der Waals surface area contributed by atoms with Crippen LogP contribution in [-0.2, 0) is 5.41 Å². The zero-order chi connectivity index (χ0) is 19.0. The van der Waals surface area contributed by atoms with Crippen molar-refractivity contribution in [3.05, 3.63) is 72.3 Å². The Labute approximate surface area is 157 Å². The second-order valence-corrected chi connectivity index (χ2v) is 7.53. The highest BCUT2D eigenvalue weighted by atomic mass is 16.1. The lowest BCUT2D eigenvalue weighted by molar-refractivity contribution is 0.102. The van der Waals surface area contributed by atoms with Crippen molar-refractivity contribution in [2.75, 3.05) is 5.32 Å². The van der Waals surface area contributed by atoms with Gasteiger partial charge in [-0.1, -0.05) is 32.9 Å². The number of benzene rings is 1. The van der Waals surface area contributed by atoms with Crippen LogP contribution in [0.15, 0.2) is 61.2 Å². The Morgan fingerprint density at radius 2 is 1.85 bits per heavy atom. The van der Waals surface area contributed by atoms with Crippen molar-refractivity contribution in [2.45, 2.75) is 26.2 Å². The summed E-state index contributed by atoms with van der Waals surface area (Å²) in [7, 11) is 0. The van der Waals surface area contributed by atoms with Crippen molar-refractivity contribution < 1.29 is 4.79 Å². The number of nitrogens with one attached hydrogen (secondary N) is 2. The number of H-pyrrole nitrogens is 1. The first-order valence-corrected chi connectivity index (χ1v) is 8.80. The fourth-order valence-corrected chi connectivity index (χ4v) is 2.93. The number of imidazole rings is 2. The first-order chi connectivity index (χ1) is 12.9. The van der Waals surface area contributed by atoms with E-state index in [0.29, 0.717) is 11.4 Å². The first-order valence-electron chi connectivity index (χ1n) is 8.80. The largest absolute Gasteiger partial charge is 0.345 e. The van der Waals surface area contributed by atoms with Gasteiger partial charge < -0.3 is 14.7 Å². The highest BCUT2D eigenvalue weighted by Crippen LogP contribution is 2.23. The Morgan fingerprint density at radius 1 is 1.07 bits per heavy atom. The summed E-state index contributed by atoms with van der Waals surface area (Å²) in [6.45, 7) is 6.45. The van der Waals surface area contributed by atoms with Crippen molar-refractivity contribution in [1.29, 1.82) is 0 Å². The third kappa shape index (κ3) is 3.46. The summed E-state index contributed by atoms with van der Waals surface area (Å²) in [6, 6.07) is 11.5. The van der Waals surface area contributed by atoms with Crippen LogP contribution in [0, 0.1) is 0 Å². The van der Waals surface area contributed by atoms with E-state index in [1.54, 1.807) is 18.6 Å². The van der Waals surface area contributed by atoms with E-state index in [1.807, 2.05) is 47.0 Å². The van der Waals surface area contributed by atoms with Gasteiger partial charge in [0, 0.05) is 29.7 Å². The summed E-state index contributed by atoms with van der Waals surface area (Å²) >= 11 is 0. The van der Waals surface area contributed by atoms with E-state index in [1.165, 1.54) is 5.56 Å². The SMILES string of the molecule is CC(C)(C)c1ccc(C(=O)Nc2cn3cc(-c4ncc[nH]4)ccc3n2)cc1. The molecule has 4 rings (SSSR count). The van der Waals surface area contributed by atoms with Crippen molar-refractivity contribution in [3.63, 3.8) is 0 Å². The van der Waals surface area contributed by atoms with Crippen LogP contribution in [0.4, 0.5) is 5.82 Å². The zero-order valence-corrected chi connectivity index (χ0v) is 15.5. The van der Waals surface area contributed by atoms with E-state index in [4.69, 9.17) is 0 Å². The molecule has 27 heavy (non-hydrogen) atoms. The summed E-state index contributed by atoms with van der Waals surface area (Å²) in [6.07, 6.45) is 7.21. The molecule has 0 fully saturated rings. The predicted octanol–water partition coefficient (Wildman–Crippen LogP) is 4.27. The number of aromatic nitrogens is 4. The Kier molecular flexibility index (Phi) is 4.03. The first kappa shape index (κ1) is 17.0. The van der Waals surface area contributed by atoms with E-state index in [0.717, 1.165) is 17.0 Å². The van der Waals surface area contributed by atoms with Gasteiger partial charge >= 0.3 is 0 Å². The smallest absolute Gasteiger partial charge is 0.256 e. The molecule has 3 heterocycles. The maximum Gasteiger partial charge on any atom is 0.256 e. The number of pyridine rings is 1. The molecule has 0 saturated carbocycles. The van der Waals surface area contributed by atoms with Gasteiger partial charge in [-0.2, -0.15) is 0 Å². The number of aromatic amines is 1. The standard InChI is InChI=1S/C21H21N5O/c1-21(2,3)16-7-4-14(5-8-16)20(27)25-17-13-26-12-15(6-9-18(26)24-17)19-22-10-11-23-19/h4-13H,1-3H3,(H,22,23)(H,25,27). The number of fused-ring (bicyclic) bond motifs is 1. The molecule has 0 aliphatic carbocycles. The van der Waals surface area contributed by atoms with E-state index >= 15 is 0 Å². The van der Waals surface area contributed by atoms with Crippen LogP contribution < -0.4 is 5.32 Å². The molecule has 0 radical (unpaired) electrons. The number of carbonyl (C=O) groups is 1. The molecule has 0 spiro atoms. The van der Waals surface area contributed by atoms with Gasteiger partial charge in [-0.3, -0.25) is 4.79 Å². The number of nitrogens with zero attached hydrogens (tertiary/aromatic N) is 3. The summed E-state index contributed by atoms with van der Waals surface area (Å²) in [4.78, 5) is 24.3. The van der Waals surface area contributed by atoms with Crippen LogP contribution in [-0.4, -0.2) is 25.3 Å². The molecule has 3 aromatic heterocycles. The third-order valence-electron chi connectivity index (χ3n) is 4.48. The van der Waals surface area contributed by atoms with Gasteiger partial charge in [0.15, 0.2) is 5.82 Å². The summed E-state index contributed by atoms with van der Waals surface area (Å²) in [5.74, 6) is 1.12. The average molecular weight is 359 g/mol. The molecular formula is C21H21N5O. The van der Waals surface area contributed by atoms with E-state index in [2.05, 4.69) is 41.0 Å². The quantitative estimate of drug-likeness (QED) is 0.573. The van der Waals surface area contributed by atoms with Crippen LogP contribution in [0.3, 0.4) is 0 Å². The molecule has 136 valence electrons. The molecule has 6 heteroatoms. The van der Waals surface area contributed by atoms with Gasteiger partial charge in [0.25, 0.3) is 5.91 Å². The molecule has 0 atom stereocenters. The van der Waals surface area contributed by atoms with Gasteiger partial charge in [0.1, 0.15) is 11.5 Å². The molecule has 0 unspecified atom stereocenters. The van der Waals surface area contributed by atoms with Crippen LogP contribution in [0.2, 0.25) is 0 Å². The number of amides is 1. The Bertz CT molecular complexity index is 1090. The van der Waals surface area contributed by atoms with E-state index < -0.39 is 0 Å². The van der Waals surface area contributed by atoms with Crippen molar-refractivity contribution in [1.82, 2.24) is 19.4 Å². The molecule has 0 aliphatic heterocycles. The number of hydrogen-bond acceptors (Lipinski definition) is 3. The molecule has 1 amide bonds. The van der Waals surface area contributed by atoms with Crippen LogP contribution in [0.25, 0.3) is 17.0 Å². The fraction of sp³-hybridized carbons (Fsp3) is 0.190. The van der Waals surface area contributed by atoms with Gasteiger partial charge in [-0.15, -0.1) is 0 Å². The van der Waals surface area contributed by atoms with Crippen molar-refractivity contribution in [2.24, 2.45) is 0 Å². The fourth-order valence-electron chi connectivity index (χ4n) is 2.93. The lowest BCUT2D eigenvalue weighted by Gasteiger charge is -2.18. The molecular weight excluding hydrogens is 338 g/mol. The highest BCUT2D eigenvalue weighted by molar-refractivity contribution is 6.03. The normalized spacial score (nSPS) is 11.7. The summed E-state index contributed by atoms with van der Waals surface area (Å²) in [5.41, 5.74) is 3.56. The van der Waals surface area contributed by atoms with E-state index in [-0.39, 0.29) is 11.3 Å². The van der Waals surface area contributed by atoms with Crippen molar-refractivity contribution >= 4 is 17.4 Å². The number of hydrogen-bond donors (Lipinski definition) is 2. The van der Waals surface area contributed by atoms with Gasteiger partial charge in [-0.05, 0) is 35.2 Å². The maximum absolute atomic E-state index is 12.5. The minimum atomic E-state index is -0.176. The molecule has 0 aliphatic rings. The monoisotopic (exact) mass is 359 g/mol. The third-order valence-corrected chi connectivity index (χ3v) is 4.48. The minimum Gasteiger partial charge on any atom is -0.345 e. The molecule has 0 bridgehead atoms. The van der Waals surface area contributed by atoms with Gasteiger partial charge in [0.2, 0.25) is 0 Å². The van der Waals surface area contributed by atoms with Gasteiger partial charge in [0.05, 0.1) is 6.20 Å². The number of rotatable bonds is 3. The molecule has 6 nitrogen and oxygen atoms in total.